The number of hydrogen-bond donors (Lipinski definition) is 0. The Morgan fingerprint density at radius 3 is 2.71 bits per heavy atom. The van der Waals surface area contributed by atoms with Gasteiger partial charge in [-0.2, -0.15) is 0 Å². The Kier molecular flexibility index (Phi) is 3.14. The summed E-state index contributed by atoms with van der Waals surface area (Å²) in [5.41, 5.74) is 0.731. The molecule has 7 heteroatoms. The molecule has 4 saturated heterocycles. The highest BCUT2D eigenvalue weighted by atomic mass is 32.1. The molecule has 0 aliphatic carbocycles. The molecule has 2 bridgehead atoms. The summed E-state index contributed by atoms with van der Waals surface area (Å²) < 4.78 is 5.91. The first-order valence-electron chi connectivity index (χ1n) is 8.33. The lowest BCUT2D eigenvalue weighted by Gasteiger charge is -2.49. The van der Waals surface area contributed by atoms with Crippen LogP contribution in [0.15, 0.2) is 30.7 Å². The number of ether oxygens (including phenoxy) is 1. The number of piperidine rings is 3. The van der Waals surface area contributed by atoms with Gasteiger partial charge in [-0.1, -0.05) is 11.3 Å². The summed E-state index contributed by atoms with van der Waals surface area (Å²) in [6.45, 7) is 3.75. The van der Waals surface area contributed by atoms with E-state index in [-0.39, 0.29) is 11.7 Å². The standard InChI is InChI=1S/C17H18N4O2S/c22-16-21(11-17(23-16)10-20-7-3-13(17)4-8-20)15-19-9-14(24-15)12-1-5-18-6-2-12/h1-2,5-6,9,13H,3-4,7-8,10-11H2. The van der Waals surface area contributed by atoms with Crippen molar-refractivity contribution in [1.82, 2.24) is 14.9 Å². The maximum atomic E-state index is 12.5. The number of anilines is 1. The molecule has 0 radical (unpaired) electrons. The van der Waals surface area contributed by atoms with Crippen molar-refractivity contribution >= 4 is 22.6 Å². The minimum Gasteiger partial charge on any atom is -0.439 e. The topological polar surface area (TPSA) is 58.6 Å². The zero-order valence-electron chi connectivity index (χ0n) is 13.2. The van der Waals surface area contributed by atoms with Crippen LogP contribution in [0.3, 0.4) is 0 Å². The lowest BCUT2D eigenvalue weighted by Crippen LogP contribution is -2.61. The molecule has 4 aliphatic heterocycles. The van der Waals surface area contributed by atoms with Crippen LogP contribution in [0.4, 0.5) is 9.93 Å². The number of carbonyl (C=O) groups excluding carboxylic acids is 1. The van der Waals surface area contributed by atoms with Gasteiger partial charge in [0.25, 0.3) is 0 Å². The molecule has 124 valence electrons. The van der Waals surface area contributed by atoms with E-state index in [4.69, 9.17) is 4.74 Å². The van der Waals surface area contributed by atoms with Crippen LogP contribution in [-0.2, 0) is 4.74 Å². The Labute approximate surface area is 144 Å². The highest BCUT2D eigenvalue weighted by molar-refractivity contribution is 7.19. The fourth-order valence-corrected chi connectivity index (χ4v) is 5.11. The van der Waals surface area contributed by atoms with Gasteiger partial charge in [-0.05, 0) is 43.6 Å². The van der Waals surface area contributed by atoms with Crippen molar-refractivity contribution in [2.75, 3.05) is 31.1 Å². The third-order valence-corrected chi connectivity index (χ3v) is 6.52. The maximum Gasteiger partial charge on any atom is 0.416 e. The van der Waals surface area contributed by atoms with Crippen LogP contribution < -0.4 is 4.90 Å². The second-order valence-corrected chi connectivity index (χ2v) is 7.82. The quantitative estimate of drug-likeness (QED) is 0.840. The lowest BCUT2D eigenvalue weighted by atomic mass is 9.75. The molecular formula is C17H18N4O2S. The smallest absolute Gasteiger partial charge is 0.416 e. The Morgan fingerprint density at radius 2 is 2.00 bits per heavy atom. The highest BCUT2D eigenvalue weighted by Crippen LogP contribution is 2.44. The molecular weight excluding hydrogens is 324 g/mol. The molecule has 1 atom stereocenters. The number of hydrogen-bond acceptors (Lipinski definition) is 6. The van der Waals surface area contributed by atoms with E-state index in [1.165, 1.54) is 11.3 Å². The predicted molar refractivity (Wildman–Crippen MR) is 91.1 cm³/mol. The molecule has 6 nitrogen and oxygen atoms in total. The first-order valence-corrected chi connectivity index (χ1v) is 9.14. The molecule has 1 amide bonds. The van der Waals surface area contributed by atoms with Crippen molar-refractivity contribution in [2.45, 2.75) is 18.4 Å². The molecule has 0 N–H and O–H groups in total. The molecule has 1 spiro atoms. The van der Waals surface area contributed by atoms with Crippen molar-refractivity contribution in [3.63, 3.8) is 0 Å². The number of carbonyl (C=O) groups is 1. The van der Waals surface area contributed by atoms with E-state index in [1.54, 1.807) is 17.3 Å². The van der Waals surface area contributed by atoms with Crippen molar-refractivity contribution in [3.8, 4) is 10.4 Å². The van der Waals surface area contributed by atoms with Gasteiger partial charge in [-0.25, -0.2) is 14.7 Å². The number of pyridine rings is 1. The van der Waals surface area contributed by atoms with Crippen LogP contribution in [0.2, 0.25) is 0 Å². The molecule has 6 heterocycles. The summed E-state index contributed by atoms with van der Waals surface area (Å²) in [6.07, 6.45) is 7.36. The van der Waals surface area contributed by atoms with Gasteiger partial charge in [0.1, 0.15) is 5.60 Å². The molecule has 0 aromatic carbocycles. The van der Waals surface area contributed by atoms with E-state index >= 15 is 0 Å². The number of rotatable bonds is 2. The van der Waals surface area contributed by atoms with E-state index in [2.05, 4.69) is 14.9 Å². The van der Waals surface area contributed by atoms with Crippen LogP contribution in [0.25, 0.3) is 10.4 Å². The largest absolute Gasteiger partial charge is 0.439 e. The van der Waals surface area contributed by atoms with E-state index in [0.29, 0.717) is 12.5 Å². The van der Waals surface area contributed by atoms with Crippen LogP contribution in [0, 0.1) is 5.92 Å². The van der Waals surface area contributed by atoms with Gasteiger partial charge in [0.15, 0.2) is 5.13 Å². The van der Waals surface area contributed by atoms with Gasteiger partial charge >= 0.3 is 6.09 Å². The van der Waals surface area contributed by atoms with Crippen molar-refractivity contribution < 1.29 is 9.53 Å². The number of thiazole rings is 1. The van der Waals surface area contributed by atoms with Crippen LogP contribution in [-0.4, -0.2) is 52.7 Å². The second kappa shape index (κ2) is 5.26. The molecule has 2 aromatic rings. The second-order valence-electron chi connectivity index (χ2n) is 6.81. The predicted octanol–water partition coefficient (Wildman–Crippen LogP) is 2.63. The molecule has 0 saturated carbocycles. The summed E-state index contributed by atoms with van der Waals surface area (Å²) in [7, 11) is 0. The Bertz CT molecular complexity index is 772. The van der Waals surface area contributed by atoms with E-state index < -0.39 is 0 Å². The van der Waals surface area contributed by atoms with E-state index in [1.807, 2.05) is 18.3 Å². The molecule has 4 fully saturated rings. The zero-order chi connectivity index (χ0) is 16.1. The van der Waals surface area contributed by atoms with Crippen LogP contribution >= 0.6 is 11.3 Å². The molecule has 6 rings (SSSR count). The Balaban J connectivity index is 1.42. The van der Waals surface area contributed by atoms with Gasteiger partial charge in [0, 0.05) is 31.1 Å². The van der Waals surface area contributed by atoms with Crippen molar-refractivity contribution in [3.05, 3.63) is 30.7 Å². The third-order valence-electron chi connectivity index (χ3n) is 5.45. The first kappa shape index (κ1) is 14.4. The van der Waals surface area contributed by atoms with Gasteiger partial charge < -0.3 is 4.74 Å². The summed E-state index contributed by atoms with van der Waals surface area (Å²) in [5.74, 6) is 0.482. The summed E-state index contributed by atoms with van der Waals surface area (Å²) >= 11 is 1.53. The summed E-state index contributed by atoms with van der Waals surface area (Å²) in [5, 5.41) is 0.722. The number of amides is 1. The van der Waals surface area contributed by atoms with E-state index in [9.17, 15) is 4.79 Å². The Hall–Kier alpha value is -1.99. The number of aromatic nitrogens is 2. The van der Waals surface area contributed by atoms with Crippen LogP contribution in [0.5, 0.6) is 0 Å². The lowest BCUT2D eigenvalue weighted by molar-refractivity contribution is -0.0881. The van der Waals surface area contributed by atoms with Crippen molar-refractivity contribution in [1.29, 1.82) is 0 Å². The molecule has 24 heavy (non-hydrogen) atoms. The zero-order valence-corrected chi connectivity index (χ0v) is 14.0. The highest BCUT2D eigenvalue weighted by Gasteiger charge is 2.56. The number of fused-ring (bicyclic) bond motifs is 2. The molecule has 2 aromatic heterocycles. The Morgan fingerprint density at radius 1 is 1.21 bits per heavy atom. The van der Waals surface area contributed by atoms with Gasteiger partial charge in [0.05, 0.1) is 11.4 Å². The van der Waals surface area contributed by atoms with Crippen molar-refractivity contribution in [2.24, 2.45) is 5.92 Å². The summed E-state index contributed by atoms with van der Waals surface area (Å²) in [6, 6.07) is 3.91. The molecule has 1 unspecified atom stereocenters. The van der Waals surface area contributed by atoms with Gasteiger partial charge in [-0.15, -0.1) is 0 Å². The normalized spacial score (nSPS) is 31.7. The van der Waals surface area contributed by atoms with Crippen LogP contribution in [0.1, 0.15) is 12.8 Å². The van der Waals surface area contributed by atoms with E-state index in [0.717, 1.165) is 48.0 Å². The monoisotopic (exact) mass is 342 g/mol. The minimum absolute atomic E-state index is 0.251. The average molecular weight is 342 g/mol. The molecule has 4 aliphatic rings. The fraction of sp³-hybridized carbons (Fsp3) is 0.471. The van der Waals surface area contributed by atoms with Gasteiger partial charge in [0.2, 0.25) is 0 Å². The minimum atomic E-state index is -0.337. The summed E-state index contributed by atoms with van der Waals surface area (Å²) in [4.78, 5) is 26.2. The SMILES string of the molecule is O=C1OC2(CN3CCC2CC3)CN1c1ncc(-c2ccncc2)s1. The van der Waals surface area contributed by atoms with Gasteiger partial charge in [-0.3, -0.25) is 9.88 Å². The third kappa shape index (κ3) is 2.15. The number of nitrogens with zero attached hydrogens (tertiary/aromatic N) is 4. The first-order chi connectivity index (χ1) is 11.7. The fourth-order valence-electron chi connectivity index (χ4n) is 4.20. The average Bonchev–Trinajstić information content (AvgIpc) is 3.22. The maximum absolute atomic E-state index is 12.5.